The molecule has 66 heavy (non-hydrogen) atoms. The number of aromatic nitrogens is 4. The Morgan fingerprint density at radius 2 is 1.18 bits per heavy atom. The molecule has 0 radical (unpaired) electrons. The first-order valence-corrected chi connectivity index (χ1v) is 26.4. The van der Waals surface area contributed by atoms with Crippen LogP contribution in [0.5, 0.6) is 0 Å². The molecule has 4 aromatic heterocycles. The van der Waals surface area contributed by atoms with E-state index in [2.05, 4.69) is 20.6 Å². The van der Waals surface area contributed by atoms with Crippen molar-refractivity contribution in [2.75, 3.05) is 10.6 Å². The molecule has 5 aliphatic rings. The first-order valence-electron chi connectivity index (χ1n) is 23.2. The average Bonchev–Trinajstić information content (AvgIpc) is 4.26. The largest absolute Gasteiger partial charge is 0.391 e. The number of hydrogen-bond donors (Lipinski definition) is 6. The van der Waals surface area contributed by atoms with E-state index >= 15 is 0 Å². The standard InChI is InChI=1S/C49H55F3N8O4S2/c1-59-25-38(33-15-19-55-44(33)46(59)61)35-21-31(65(53,63)30-7-8-30)9-11-42(35)58-29-13-17-48(18-14-29)24-40(48)37-23-43(37)66(54,64)32-10-12-41(57-28-5-3-27(4-6-28)49(50,51)52)36(22-32)39-26-60(2)47(62)45-34(39)16-20-56-45/h9-12,15-16,19-22,25-30,37,40,43,53-58H,3-8,13-14,17-18,23-24H2,1-2H3. The number of fused-ring (bicyclic) bond motifs is 2. The molecule has 5 aliphatic carbocycles. The maximum Gasteiger partial charge on any atom is 0.391 e. The second-order valence-corrected chi connectivity index (χ2v) is 24.6. The zero-order valence-electron chi connectivity index (χ0n) is 36.9. The Balaban J connectivity index is 0.811. The lowest BCUT2D eigenvalue weighted by molar-refractivity contribution is -0.182. The van der Waals surface area contributed by atoms with E-state index < -0.39 is 31.6 Å². The number of anilines is 2. The first kappa shape index (κ1) is 43.3. The maximum atomic E-state index is 14.8. The summed E-state index contributed by atoms with van der Waals surface area (Å²) < 4.78 is 90.3. The van der Waals surface area contributed by atoms with Gasteiger partial charge in [-0.15, -0.1) is 0 Å². The second kappa shape index (κ2) is 15.4. The highest BCUT2D eigenvalue weighted by Crippen LogP contribution is 2.70. The molecule has 5 unspecified atom stereocenters. The van der Waals surface area contributed by atoms with E-state index in [1.54, 1.807) is 43.3 Å². The van der Waals surface area contributed by atoms with Crippen molar-refractivity contribution >= 4 is 52.6 Å². The topological polar surface area (TPSA) is 181 Å². The van der Waals surface area contributed by atoms with Crippen LogP contribution in [0, 0.1) is 32.7 Å². The monoisotopic (exact) mass is 940 g/mol. The van der Waals surface area contributed by atoms with Crippen molar-refractivity contribution in [3.05, 3.63) is 94.0 Å². The number of aromatic amines is 2. The van der Waals surface area contributed by atoms with Gasteiger partial charge in [-0.1, -0.05) is 0 Å². The van der Waals surface area contributed by atoms with Crippen LogP contribution in [0.25, 0.3) is 44.1 Å². The predicted octanol–water partition coefficient (Wildman–Crippen LogP) is 10.3. The fraction of sp³-hybridized carbons (Fsp3) is 0.469. The Labute approximate surface area is 381 Å². The van der Waals surface area contributed by atoms with Gasteiger partial charge in [0.2, 0.25) is 0 Å². The highest BCUT2D eigenvalue weighted by molar-refractivity contribution is 7.93. The molecule has 1 spiro atoms. The van der Waals surface area contributed by atoms with Crippen molar-refractivity contribution in [3.8, 4) is 22.3 Å². The van der Waals surface area contributed by atoms with Crippen LogP contribution in [0.2, 0.25) is 0 Å². The summed E-state index contributed by atoms with van der Waals surface area (Å²) in [5, 5.41) is 8.35. The Morgan fingerprint density at radius 1 is 0.682 bits per heavy atom. The number of hydrogen-bond acceptors (Lipinski definition) is 8. The van der Waals surface area contributed by atoms with Crippen LogP contribution in [0.15, 0.2) is 92.7 Å². The summed E-state index contributed by atoms with van der Waals surface area (Å²) in [5.74, 6) is -0.744. The van der Waals surface area contributed by atoms with Crippen LogP contribution in [0.1, 0.15) is 77.0 Å². The SMILES string of the molecule is Cn1cc(-c2cc(S(=N)(=O)C3CC3C3CC34CCC(Nc3ccc(S(=N)(=O)C5CC5)cc3-c3cn(C)c(=O)c5[nH]ccc35)CC4)ccc2NC2CCC(C(F)(F)F)CC2)c2cc[nH]c2c1=O. The molecule has 6 aromatic rings. The van der Waals surface area contributed by atoms with Crippen molar-refractivity contribution in [3.63, 3.8) is 0 Å². The summed E-state index contributed by atoms with van der Waals surface area (Å²) in [6.07, 6.45) is 10.8. The number of halogens is 3. The minimum Gasteiger partial charge on any atom is -0.382 e. The number of H-pyrrole nitrogens is 2. The fourth-order valence-electron chi connectivity index (χ4n) is 11.8. The van der Waals surface area contributed by atoms with E-state index in [1.807, 2.05) is 48.7 Å². The molecule has 5 fully saturated rings. The van der Waals surface area contributed by atoms with Crippen LogP contribution < -0.4 is 21.8 Å². The van der Waals surface area contributed by atoms with Crippen molar-refractivity contribution in [2.45, 2.75) is 116 Å². The van der Waals surface area contributed by atoms with E-state index in [4.69, 9.17) is 4.78 Å². The van der Waals surface area contributed by atoms with E-state index in [-0.39, 0.29) is 57.9 Å². The molecule has 5 saturated carbocycles. The quantitative estimate of drug-likeness (QED) is 0.0752. The van der Waals surface area contributed by atoms with Crippen LogP contribution in [0.3, 0.4) is 0 Å². The molecule has 0 bridgehead atoms. The van der Waals surface area contributed by atoms with Gasteiger partial charge in [-0.05, 0) is 143 Å². The lowest BCUT2D eigenvalue weighted by Crippen LogP contribution is -2.33. The number of aryl methyl sites for hydroxylation is 2. The lowest BCUT2D eigenvalue weighted by atomic mass is 9.81. The number of nitrogens with zero attached hydrogens (tertiary/aromatic N) is 2. The molecule has 6 N–H and O–H groups in total. The van der Waals surface area contributed by atoms with Gasteiger partial charge in [0, 0.05) is 110 Å². The van der Waals surface area contributed by atoms with Gasteiger partial charge in [-0.3, -0.25) is 9.59 Å². The van der Waals surface area contributed by atoms with Gasteiger partial charge in [-0.2, -0.15) is 13.2 Å². The molecule has 12 nitrogen and oxygen atoms in total. The fourth-order valence-corrected chi connectivity index (χ4v) is 15.6. The minimum absolute atomic E-state index is 0.0445. The summed E-state index contributed by atoms with van der Waals surface area (Å²) >= 11 is 0. The minimum atomic E-state index is -4.21. The van der Waals surface area contributed by atoms with Crippen molar-refractivity contribution in [1.29, 1.82) is 9.56 Å². The Bertz CT molecular complexity index is 3280. The van der Waals surface area contributed by atoms with Gasteiger partial charge >= 0.3 is 6.18 Å². The number of benzene rings is 2. The third-order valence-electron chi connectivity index (χ3n) is 15.9. The maximum absolute atomic E-state index is 14.8. The van der Waals surface area contributed by atoms with Crippen molar-refractivity contribution < 1.29 is 21.6 Å². The third-order valence-corrected chi connectivity index (χ3v) is 20.6. The molecule has 4 heterocycles. The van der Waals surface area contributed by atoms with Crippen molar-refractivity contribution in [2.24, 2.45) is 37.3 Å². The summed E-state index contributed by atoms with van der Waals surface area (Å²) in [5.41, 5.74) is 5.29. The average molecular weight is 941 g/mol. The summed E-state index contributed by atoms with van der Waals surface area (Å²) in [6.45, 7) is 0. The number of rotatable bonds is 11. The van der Waals surface area contributed by atoms with Crippen molar-refractivity contribution in [1.82, 2.24) is 19.1 Å². The number of nitrogens with one attached hydrogen (secondary N) is 6. The predicted molar refractivity (Wildman–Crippen MR) is 253 cm³/mol. The van der Waals surface area contributed by atoms with E-state index in [9.17, 15) is 36.0 Å². The Kier molecular flexibility index (Phi) is 10.1. The van der Waals surface area contributed by atoms with Crippen LogP contribution in [-0.2, 0) is 33.6 Å². The van der Waals surface area contributed by atoms with Gasteiger partial charge < -0.3 is 29.7 Å². The summed E-state index contributed by atoms with van der Waals surface area (Å²) in [7, 11) is -2.84. The summed E-state index contributed by atoms with van der Waals surface area (Å²) in [4.78, 5) is 33.1. The third kappa shape index (κ3) is 7.39. The molecule has 0 amide bonds. The van der Waals surface area contributed by atoms with Crippen LogP contribution in [0.4, 0.5) is 24.5 Å². The normalized spacial score (nSPS) is 28.3. The molecule has 2 aromatic carbocycles. The Morgan fingerprint density at radius 3 is 1.68 bits per heavy atom. The van der Waals surface area contributed by atoms with Gasteiger partial charge in [0.15, 0.2) is 0 Å². The van der Waals surface area contributed by atoms with E-state index in [0.29, 0.717) is 61.8 Å². The van der Waals surface area contributed by atoms with Gasteiger partial charge in [0.25, 0.3) is 11.1 Å². The molecule has 0 saturated heterocycles. The smallest absolute Gasteiger partial charge is 0.382 e. The molecule has 17 heteroatoms. The van der Waals surface area contributed by atoms with Crippen LogP contribution in [-0.4, -0.2) is 56.3 Å². The zero-order valence-corrected chi connectivity index (χ0v) is 38.6. The molecule has 0 aliphatic heterocycles. The number of pyridine rings is 2. The summed E-state index contributed by atoms with van der Waals surface area (Å²) in [6, 6.07) is 14.7. The van der Waals surface area contributed by atoms with E-state index in [0.717, 1.165) is 73.6 Å². The molecular formula is C49H55F3N8O4S2. The lowest BCUT2D eigenvalue weighted by Gasteiger charge is -2.32. The highest BCUT2D eigenvalue weighted by Gasteiger charge is 2.65. The van der Waals surface area contributed by atoms with E-state index in [1.165, 1.54) is 4.57 Å². The van der Waals surface area contributed by atoms with Crippen LogP contribution >= 0.6 is 0 Å². The molecule has 348 valence electrons. The second-order valence-electron chi connectivity index (χ2n) is 20.0. The molecular weight excluding hydrogens is 886 g/mol. The Hall–Kier alpha value is -5.29. The van der Waals surface area contributed by atoms with Gasteiger partial charge in [-0.25, -0.2) is 18.0 Å². The van der Waals surface area contributed by atoms with Gasteiger partial charge in [0.1, 0.15) is 11.0 Å². The number of alkyl halides is 3. The molecule has 5 atom stereocenters. The highest BCUT2D eigenvalue weighted by atomic mass is 32.2. The van der Waals surface area contributed by atoms with Gasteiger partial charge in [0.05, 0.1) is 30.6 Å². The zero-order chi connectivity index (χ0) is 46.1. The first-order chi connectivity index (χ1) is 31.4. The molecule has 11 rings (SSSR count).